The number of hydrogen-bond acceptors (Lipinski definition) is 3. The van der Waals surface area contributed by atoms with Gasteiger partial charge in [0.15, 0.2) is 0 Å². The van der Waals surface area contributed by atoms with Crippen molar-refractivity contribution in [1.29, 1.82) is 0 Å². The Morgan fingerprint density at radius 3 is 2.43 bits per heavy atom. The zero-order valence-electron chi connectivity index (χ0n) is 12.7. The zero-order valence-corrected chi connectivity index (χ0v) is 13.5. The first-order valence-electron chi connectivity index (χ1n) is 6.83. The number of nitrogens with one attached hydrogen (secondary N) is 1. The first-order valence-corrected chi connectivity index (χ1v) is 6.83. The normalized spacial score (nSPS) is 12.1. The minimum absolute atomic E-state index is 0. The van der Waals surface area contributed by atoms with Crippen molar-refractivity contribution in [3.05, 3.63) is 47.7 Å². The molecule has 0 bridgehead atoms. The molecule has 0 amide bonds. The van der Waals surface area contributed by atoms with E-state index in [0.717, 1.165) is 12.1 Å². The molecule has 23 heavy (non-hydrogen) atoms. The maximum absolute atomic E-state index is 12.7. The van der Waals surface area contributed by atoms with Gasteiger partial charge in [0, 0.05) is 11.1 Å². The minimum Gasteiger partial charge on any atom is -1.00 e. The molecule has 0 unspecified atom stereocenters. The molecule has 0 saturated heterocycles. The van der Waals surface area contributed by atoms with E-state index < -0.39 is 17.3 Å². The van der Waals surface area contributed by atoms with Crippen LogP contribution in [-0.4, -0.2) is 17.3 Å². The fraction of sp³-hybridized carbons (Fsp3) is 0.375. The van der Waals surface area contributed by atoms with Crippen LogP contribution >= 0.6 is 0 Å². The van der Waals surface area contributed by atoms with Crippen LogP contribution in [0.5, 0.6) is 0 Å². The summed E-state index contributed by atoms with van der Waals surface area (Å²) in [6, 6.07) is 8.36. The summed E-state index contributed by atoms with van der Waals surface area (Å²) < 4.78 is 43.7. The van der Waals surface area contributed by atoms with Crippen LogP contribution in [0.15, 0.2) is 40.8 Å². The summed E-state index contributed by atoms with van der Waals surface area (Å²) in [6.45, 7) is 4.02. The van der Waals surface area contributed by atoms with Crippen molar-refractivity contribution in [3.63, 3.8) is 0 Å². The predicted octanol–water partition coefficient (Wildman–Crippen LogP) is 0.830. The van der Waals surface area contributed by atoms with Gasteiger partial charge in [0.1, 0.15) is 11.5 Å². The highest BCUT2D eigenvalue weighted by Crippen LogP contribution is 2.32. The monoisotopic (exact) mass is 348 g/mol. The SMILES string of the molecule is CC(C)(CO)NCc1ccc(-c2cccc(C(F)(F)F)c2)o1.[Cl-]. The second-order valence-corrected chi connectivity index (χ2v) is 5.74. The van der Waals surface area contributed by atoms with Gasteiger partial charge >= 0.3 is 6.18 Å². The molecule has 1 heterocycles. The molecule has 2 N–H and O–H groups in total. The van der Waals surface area contributed by atoms with Crippen molar-refractivity contribution in [2.24, 2.45) is 0 Å². The number of aliphatic hydroxyl groups excluding tert-OH is 1. The number of halogens is 4. The Balaban J connectivity index is 0.00000264. The summed E-state index contributed by atoms with van der Waals surface area (Å²) in [7, 11) is 0. The van der Waals surface area contributed by atoms with Crippen LogP contribution in [-0.2, 0) is 12.7 Å². The number of alkyl halides is 3. The third kappa shape index (κ3) is 5.27. The maximum Gasteiger partial charge on any atom is 0.416 e. The molecular formula is C16H18ClF3NO2-. The maximum atomic E-state index is 12.7. The zero-order chi connectivity index (χ0) is 16.4. The molecule has 128 valence electrons. The topological polar surface area (TPSA) is 45.4 Å². The summed E-state index contributed by atoms with van der Waals surface area (Å²) in [5, 5.41) is 12.3. The largest absolute Gasteiger partial charge is 1.00 e. The van der Waals surface area contributed by atoms with Gasteiger partial charge in [-0.3, -0.25) is 0 Å². The molecule has 0 aliphatic rings. The number of furan rings is 1. The third-order valence-corrected chi connectivity index (χ3v) is 3.27. The van der Waals surface area contributed by atoms with Gasteiger partial charge in [-0.15, -0.1) is 0 Å². The number of benzene rings is 1. The first kappa shape index (κ1) is 19.5. The summed E-state index contributed by atoms with van der Waals surface area (Å²) in [6.07, 6.45) is -4.38. The molecule has 1 aromatic heterocycles. The van der Waals surface area contributed by atoms with Gasteiger partial charge in [0.25, 0.3) is 0 Å². The van der Waals surface area contributed by atoms with Crippen LogP contribution in [0.3, 0.4) is 0 Å². The Labute approximate surface area is 138 Å². The lowest BCUT2D eigenvalue weighted by atomic mass is 10.1. The Morgan fingerprint density at radius 1 is 1.13 bits per heavy atom. The summed E-state index contributed by atoms with van der Waals surface area (Å²) in [5.74, 6) is 0.971. The van der Waals surface area contributed by atoms with E-state index in [1.165, 1.54) is 6.07 Å². The standard InChI is InChI=1S/C16H18F3NO2.ClH/c1-15(2,10-21)20-9-13-6-7-14(22-13)11-4-3-5-12(8-11)16(17,18)19;/h3-8,20-21H,9-10H2,1-2H3;1H/p-1. The van der Waals surface area contributed by atoms with Gasteiger partial charge in [-0.2, -0.15) is 13.2 Å². The molecule has 2 rings (SSSR count). The summed E-state index contributed by atoms with van der Waals surface area (Å²) in [4.78, 5) is 0. The second kappa shape index (κ2) is 7.38. The van der Waals surface area contributed by atoms with Crippen molar-refractivity contribution < 1.29 is 35.1 Å². The van der Waals surface area contributed by atoms with E-state index in [9.17, 15) is 13.2 Å². The van der Waals surface area contributed by atoms with Crippen molar-refractivity contribution in [3.8, 4) is 11.3 Å². The van der Waals surface area contributed by atoms with E-state index in [1.54, 1.807) is 18.2 Å². The lowest BCUT2D eigenvalue weighted by Crippen LogP contribution is -3.00. The van der Waals surface area contributed by atoms with E-state index in [2.05, 4.69) is 5.32 Å². The highest BCUT2D eigenvalue weighted by Gasteiger charge is 2.30. The van der Waals surface area contributed by atoms with Gasteiger partial charge in [0.05, 0.1) is 18.7 Å². The van der Waals surface area contributed by atoms with E-state index >= 15 is 0 Å². The molecule has 7 heteroatoms. The summed E-state index contributed by atoms with van der Waals surface area (Å²) in [5.41, 5.74) is -0.784. The quantitative estimate of drug-likeness (QED) is 0.841. The van der Waals surface area contributed by atoms with Crippen molar-refractivity contribution in [2.75, 3.05) is 6.61 Å². The van der Waals surface area contributed by atoms with Crippen LogP contribution < -0.4 is 17.7 Å². The van der Waals surface area contributed by atoms with Crippen LogP contribution in [0.25, 0.3) is 11.3 Å². The van der Waals surface area contributed by atoms with Crippen molar-refractivity contribution >= 4 is 0 Å². The van der Waals surface area contributed by atoms with Crippen molar-refractivity contribution in [2.45, 2.75) is 32.1 Å². The van der Waals surface area contributed by atoms with E-state index in [0.29, 0.717) is 23.6 Å². The minimum atomic E-state index is -4.38. The number of aliphatic hydroxyl groups is 1. The molecule has 1 aromatic carbocycles. The van der Waals surface area contributed by atoms with Gasteiger partial charge in [-0.25, -0.2) is 0 Å². The molecule has 0 saturated carbocycles. The van der Waals surface area contributed by atoms with Crippen LogP contribution in [0.4, 0.5) is 13.2 Å². The smallest absolute Gasteiger partial charge is 0.416 e. The molecule has 0 fully saturated rings. The Morgan fingerprint density at radius 2 is 1.83 bits per heavy atom. The molecule has 0 aliphatic heterocycles. The molecule has 3 nitrogen and oxygen atoms in total. The van der Waals surface area contributed by atoms with Gasteiger partial charge < -0.3 is 27.2 Å². The van der Waals surface area contributed by atoms with Gasteiger partial charge in [0.2, 0.25) is 0 Å². The highest BCUT2D eigenvalue weighted by molar-refractivity contribution is 5.58. The Kier molecular flexibility index (Phi) is 6.27. The average molecular weight is 349 g/mol. The van der Waals surface area contributed by atoms with E-state index in [1.807, 2.05) is 13.8 Å². The Hall–Kier alpha value is -1.50. The molecule has 2 aromatic rings. The molecule has 0 spiro atoms. The van der Waals surface area contributed by atoms with Crippen molar-refractivity contribution in [1.82, 2.24) is 5.32 Å². The predicted molar refractivity (Wildman–Crippen MR) is 77.2 cm³/mol. The van der Waals surface area contributed by atoms with Crippen LogP contribution in [0.1, 0.15) is 25.2 Å². The van der Waals surface area contributed by atoms with Crippen LogP contribution in [0.2, 0.25) is 0 Å². The molecule has 0 radical (unpaired) electrons. The molecule has 0 atom stereocenters. The lowest BCUT2D eigenvalue weighted by molar-refractivity contribution is -0.137. The Bertz CT molecular complexity index is 638. The second-order valence-electron chi connectivity index (χ2n) is 5.74. The van der Waals surface area contributed by atoms with E-state index in [-0.39, 0.29) is 19.0 Å². The summed E-state index contributed by atoms with van der Waals surface area (Å²) >= 11 is 0. The van der Waals surface area contributed by atoms with Crippen LogP contribution in [0, 0.1) is 0 Å². The highest BCUT2D eigenvalue weighted by atomic mass is 35.5. The first-order chi connectivity index (χ1) is 10.2. The molecular weight excluding hydrogens is 331 g/mol. The number of rotatable bonds is 5. The van der Waals surface area contributed by atoms with Gasteiger partial charge in [-0.1, -0.05) is 12.1 Å². The number of hydrogen-bond donors (Lipinski definition) is 2. The fourth-order valence-electron chi connectivity index (χ4n) is 1.86. The molecule has 0 aliphatic carbocycles. The van der Waals surface area contributed by atoms with Gasteiger partial charge in [-0.05, 0) is 38.1 Å². The van der Waals surface area contributed by atoms with E-state index in [4.69, 9.17) is 9.52 Å². The third-order valence-electron chi connectivity index (χ3n) is 3.27. The average Bonchev–Trinajstić information content (AvgIpc) is 2.94. The lowest BCUT2D eigenvalue weighted by Gasteiger charge is -2.22. The fourth-order valence-corrected chi connectivity index (χ4v) is 1.86.